The molecule has 1 amide bonds. The van der Waals surface area contributed by atoms with Crippen LogP contribution in [0.25, 0.3) is 6.08 Å². The van der Waals surface area contributed by atoms with Crippen LogP contribution in [0.15, 0.2) is 43.0 Å². The quantitative estimate of drug-likeness (QED) is 0.540. The van der Waals surface area contributed by atoms with Gasteiger partial charge >= 0.3 is 7.69 Å². The Morgan fingerprint density at radius 1 is 1.47 bits per heavy atom. The first-order valence-electron chi connectivity index (χ1n) is 4.96. The third kappa shape index (κ3) is 6.34. The van der Waals surface area contributed by atoms with Gasteiger partial charge in [0.15, 0.2) is 0 Å². The van der Waals surface area contributed by atoms with Gasteiger partial charge in [-0.05, 0) is 24.6 Å². The zero-order chi connectivity index (χ0) is 13.3. The average molecular weight is 233 g/mol. The Bertz CT molecular complexity index is 404. The molecule has 0 aliphatic carbocycles. The molecule has 0 aliphatic rings. The van der Waals surface area contributed by atoms with Crippen LogP contribution >= 0.6 is 0 Å². The summed E-state index contributed by atoms with van der Waals surface area (Å²) in [4.78, 5) is 11.3. The fraction of sp³-hybridized carbons (Fsp3) is 0.0833. The Hall–Kier alpha value is -1.85. The van der Waals surface area contributed by atoms with Crippen molar-refractivity contribution < 1.29 is 14.8 Å². The van der Waals surface area contributed by atoms with E-state index < -0.39 is 7.69 Å². The van der Waals surface area contributed by atoms with E-state index in [0.717, 1.165) is 11.3 Å². The molecule has 0 bridgehead atoms. The zero-order valence-electron chi connectivity index (χ0n) is 9.81. The van der Waals surface area contributed by atoms with Crippen molar-refractivity contribution in [1.29, 1.82) is 0 Å². The number of carbonyl (C=O) groups excluding carboxylic acids is 1. The number of hydrogen-bond donors (Lipinski definition) is 3. The fourth-order valence-electron chi connectivity index (χ4n) is 0.981. The van der Waals surface area contributed by atoms with E-state index in [1.807, 2.05) is 24.3 Å². The van der Waals surface area contributed by atoms with Crippen LogP contribution in [0.4, 0.5) is 5.69 Å². The van der Waals surface area contributed by atoms with E-state index in [9.17, 15) is 4.79 Å². The molecule has 0 unspecified atom stereocenters. The van der Waals surface area contributed by atoms with Crippen LogP contribution in [0.5, 0.6) is 0 Å². The molecule has 0 radical (unpaired) electrons. The van der Waals surface area contributed by atoms with E-state index in [0.29, 0.717) is 5.57 Å². The molecule has 0 aliphatic heterocycles. The molecule has 5 heteroatoms. The lowest BCUT2D eigenvalue weighted by Crippen LogP contribution is -2.11. The predicted octanol–water partition coefficient (Wildman–Crippen LogP) is 1.08. The lowest BCUT2D eigenvalue weighted by atomic mass is 10.2. The number of benzene rings is 1. The van der Waals surface area contributed by atoms with Gasteiger partial charge < -0.3 is 15.4 Å². The van der Waals surface area contributed by atoms with E-state index in [1.165, 1.54) is 0 Å². The highest BCUT2D eigenvalue weighted by molar-refractivity contribution is 6.13. The second kappa shape index (κ2) is 8.32. The van der Waals surface area contributed by atoms with E-state index >= 15 is 0 Å². The van der Waals surface area contributed by atoms with E-state index in [4.69, 9.17) is 10.0 Å². The van der Waals surface area contributed by atoms with Crippen LogP contribution in [0.1, 0.15) is 12.5 Å². The maximum Gasteiger partial charge on any atom is 0.432 e. The summed E-state index contributed by atoms with van der Waals surface area (Å²) in [5.41, 5.74) is 2.23. The average Bonchev–Trinajstić information content (AvgIpc) is 2.30. The summed E-state index contributed by atoms with van der Waals surface area (Å²) in [6.45, 7) is 8.89. The van der Waals surface area contributed by atoms with Gasteiger partial charge in [-0.3, -0.25) is 4.79 Å². The van der Waals surface area contributed by atoms with Crippen molar-refractivity contribution in [3.8, 4) is 0 Å². The molecular weight excluding hydrogens is 217 g/mol. The highest BCUT2D eigenvalue weighted by Crippen LogP contribution is 2.11. The minimum atomic E-state index is -0.750. The number of carbonyl (C=O) groups is 1. The van der Waals surface area contributed by atoms with Crippen LogP contribution in [-0.4, -0.2) is 23.6 Å². The van der Waals surface area contributed by atoms with Gasteiger partial charge in [0.1, 0.15) is 0 Å². The van der Waals surface area contributed by atoms with Crippen LogP contribution < -0.4 is 5.32 Å². The first kappa shape index (κ1) is 15.2. The van der Waals surface area contributed by atoms with Gasteiger partial charge in [0.05, 0.1) is 0 Å². The lowest BCUT2D eigenvalue weighted by Gasteiger charge is -2.04. The molecule has 0 heterocycles. The number of anilines is 1. The Morgan fingerprint density at radius 3 is 2.53 bits per heavy atom. The highest BCUT2D eigenvalue weighted by Gasteiger charge is 2.01. The van der Waals surface area contributed by atoms with Crippen molar-refractivity contribution in [3.05, 3.63) is 48.6 Å². The molecule has 17 heavy (non-hydrogen) atoms. The molecule has 0 saturated heterocycles. The molecular formula is C12H16BNO3. The second-order valence-electron chi connectivity index (χ2n) is 3.21. The molecule has 4 nitrogen and oxygen atoms in total. The number of rotatable bonds is 3. The number of hydrogen-bond acceptors (Lipinski definition) is 3. The molecule has 0 spiro atoms. The Morgan fingerprint density at radius 2 is 2.06 bits per heavy atom. The number of amides is 1. The van der Waals surface area contributed by atoms with Crippen LogP contribution in [-0.2, 0) is 4.79 Å². The normalized spacial score (nSPS) is 8.41. The molecule has 0 atom stereocenters. The summed E-state index contributed by atoms with van der Waals surface area (Å²) in [6.07, 6.45) is 1.73. The highest BCUT2D eigenvalue weighted by atomic mass is 16.4. The summed E-state index contributed by atoms with van der Waals surface area (Å²) in [6, 6.07) is 7.47. The maximum absolute atomic E-state index is 11.3. The van der Waals surface area contributed by atoms with Gasteiger partial charge in [0.25, 0.3) is 5.91 Å². The molecule has 1 aromatic rings. The predicted molar refractivity (Wildman–Crippen MR) is 71.6 cm³/mol. The first-order chi connectivity index (χ1) is 8.04. The third-order valence-corrected chi connectivity index (χ3v) is 1.77. The molecule has 1 rings (SSSR count). The SMILES string of the molecule is C=Cc1cccc(NC(=O)C(=C)C)c1.OBO. The summed E-state index contributed by atoms with van der Waals surface area (Å²) in [5.74, 6) is -0.161. The largest absolute Gasteiger partial charge is 0.432 e. The smallest absolute Gasteiger partial charge is 0.430 e. The van der Waals surface area contributed by atoms with Gasteiger partial charge in [0, 0.05) is 11.3 Å². The molecule has 1 aromatic carbocycles. The van der Waals surface area contributed by atoms with E-state index in [2.05, 4.69) is 18.5 Å². The van der Waals surface area contributed by atoms with E-state index in [1.54, 1.807) is 13.0 Å². The van der Waals surface area contributed by atoms with Crippen molar-refractivity contribution in [1.82, 2.24) is 0 Å². The van der Waals surface area contributed by atoms with E-state index in [-0.39, 0.29) is 5.91 Å². The van der Waals surface area contributed by atoms with Crippen LogP contribution in [0.3, 0.4) is 0 Å². The molecule has 0 saturated carbocycles. The van der Waals surface area contributed by atoms with Gasteiger partial charge in [-0.2, -0.15) is 0 Å². The second-order valence-corrected chi connectivity index (χ2v) is 3.21. The zero-order valence-corrected chi connectivity index (χ0v) is 9.81. The minimum Gasteiger partial charge on any atom is -0.430 e. The van der Waals surface area contributed by atoms with Crippen LogP contribution in [0, 0.1) is 0 Å². The summed E-state index contributed by atoms with van der Waals surface area (Å²) < 4.78 is 0. The van der Waals surface area contributed by atoms with Gasteiger partial charge in [-0.15, -0.1) is 0 Å². The van der Waals surface area contributed by atoms with Crippen molar-refractivity contribution in [2.45, 2.75) is 6.92 Å². The van der Waals surface area contributed by atoms with Crippen molar-refractivity contribution in [3.63, 3.8) is 0 Å². The molecule has 3 N–H and O–H groups in total. The fourth-order valence-corrected chi connectivity index (χ4v) is 0.981. The lowest BCUT2D eigenvalue weighted by molar-refractivity contribution is -0.112. The van der Waals surface area contributed by atoms with Crippen molar-refractivity contribution in [2.75, 3.05) is 5.32 Å². The summed E-state index contributed by atoms with van der Waals surface area (Å²) in [7, 11) is -0.750. The van der Waals surface area contributed by atoms with Crippen LogP contribution in [0.2, 0.25) is 0 Å². The third-order valence-electron chi connectivity index (χ3n) is 1.77. The summed E-state index contributed by atoms with van der Waals surface area (Å²) >= 11 is 0. The molecule has 0 aromatic heterocycles. The minimum absolute atomic E-state index is 0.161. The molecule has 90 valence electrons. The topological polar surface area (TPSA) is 69.6 Å². The first-order valence-corrected chi connectivity index (χ1v) is 4.96. The maximum atomic E-state index is 11.3. The van der Waals surface area contributed by atoms with Gasteiger partial charge in [-0.1, -0.05) is 31.4 Å². The van der Waals surface area contributed by atoms with Gasteiger partial charge in [-0.25, -0.2) is 0 Å². The Balaban J connectivity index is 0.000000770. The standard InChI is InChI=1S/C12H13NO.BH3O2/c1-4-10-6-5-7-11(8-10)13-12(14)9(2)3;2-1-3/h4-8H,1-2H2,3H3,(H,13,14);1-3H. The Labute approximate surface area is 102 Å². The van der Waals surface area contributed by atoms with Crippen molar-refractivity contribution in [2.24, 2.45) is 0 Å². The summed E-state index contributed by atoms with van der Waals surface area (Å²) in [5, 5.41) is 17.0. The van der Waals surface area contributed by atoms with Gasteiger partial charge in [0.2, 0.25) is 0 Å². The number of nitrogens with one attached hydrogen (secondary N) is 1. The van der Waals surface area contributed by atoms with Crippen molar-refractivity contribution >= 4 is 25.4 Å². The monoisotopic (exact) mass is 233 g/mol. The molecule has 0 fully saturated rings. The Kier molecular flexibility index (Phi) is 7.42.